The van der Waals surface area contributed by atoms with Crippen molar-refractivity contribution in [3.63, 3.8) is 0 Å². The molecule has 0 spiro atoms. The van der Waals surface area contributed by atoms with Gasteiger partial charge in [0.2, 0.25) is 0 Å². The molecule has 1 aromatic carbocycles. The summed E-state index contributed by atoms with van der Waals surface area (Å²) in [7, 11) is 5.54. The van der Waals surface area contributed by atoms with E-state index in [1.165, 1.54) is 6.07 Å². The number of hydrogen-bond acceptors (Lipinski definition) is 1. The van der Waals surface area contributed by atoms with E-state index in [2.05, 4.69) is 12.5 Å². The maximum Gasteiger partial charge on any atom is 0.131 e. The number of terminal acetylenes is 1. The Hall–Kier alpha value is -2.47. The minimum Gasteiger partial charge on any atom is -0.323 e. The molecule has 1 heterocycles. The standard InChI is InChI=1S/C17H13BFN/c1-4-14(16-8-7-15(18)10-17(16)19)11-20-9-5-6-12(2)13(20)3/h1,5-11H,3H2,2H3/b14-11+. The molecule has 1 aliphatic heterocycles. The van der Waals surface area contributed by atoms with Crippen LogP contribution in [-0.4, -0.2) is 12.7 Å². The van der Waals surface area contributed by atoms with Gasteiger partial charge in [-0.25, -0.2) is 4.39 Å². The summed E-state index contributed by atoms with van der Waals surface area (Å²) in [5.74, 6) is 2.07. The highest BCUT2D eigenvalue weighted by molar-refractivity contribution is 6.32. The van der Waals surface area contributed by atoms with Crippen LogP contribution in [0.5, 0.6) is 0 Å². The lowest BCUT2D eigenvalue weighted by Gasteiger charge is -2.22. The van der Waals surface area contributed by atoms with E-state index in [0.29, 0.717) is 16.6 Å². The van der Waals surface area contributed by atoms with Crippen molar-refractivity contribution in [3.8, 4) is 12.3 Å². The molecule has 1 aliphatic rings. The molecule has 96 valence electrons. The van der Waals surface area contributed by atoms with Gasteiger partial charge in [0.05, 0.1) is 5.57 Å². The van der Waals surface area contributed by atoms with E-state index in [9.17, 15) is 4.39 Å². The Balaban J connectivity index is 2.41. The van der Waals surface area contributed by atoms with Crippen molar-refractivity contribution >= 4 is 18.9 Å². The maximum absolute atomic E-state index is 13.9. The number of rotatable bonds is 2. The average Bonchev–Trinajstić information content (AvgIpc) is 2.41. The van der Waals surface area contributed by atoms with Gasteiger partial charge >= 0.3 is 0 Å². The molecule has 0 saturated heterocycles. The first kappa shape index (κ1) is 14.0. The minimum absolute atomic E-state index is 0.343. The van der Waals surface area contributed by atoms with E-state index in [-0.39, 0.29) is 0 Å². The van der Waals surface area contributed by atoms with Crippen LogP contribution in [0, 0.1) is 18.2 Å². The van der Waals surface area contributed by atoms with Crippen molar-refractivity contribution < 1.29 is 4.39 Å². The third kappa shape index (κ3) is 2.75. The number of halogens is 1. The summed E-state index contributed by atoms with van der Waals surface area (Å²) in [6, 6.07) is 4.46. The lowest BCUT2D eigenvalue weighted by Crippen LogP contribution is -2.13. The summed E-state index contributed by atoms with van der Waals surface area (Å²) in [5.41, 5.74) is 2.97. The topological polar surface area (TPSA) is 3.24 Å². The Bertz CT molecular complexity index is 689. The summed E-state index contributed by atoms with van der Waals surface area (Å²) in [6.07, 6.45) is 12.8. The van der Waals surface area contributed by atoms with Crippen LogP contribution < -0.4 is 5.46 Å². The van der Waals surface area contributed by atoms with Gasteiger partial charge in [-0.1, -0.05) is 36.2 Å². The van der Waals surface area contributed by atoms with Crippen LogP contribution in [0.3, 0.4) is 0 Å². The van der Waals surface area contributed by atoms with Crippen molar-refractivity contribution in [3.05, 3.63) is 72.0 Å². The highest BCUT2D eigenvalue weighted by atomic mass is 19.1. The molecule has 0 unspecified atom stereocenters. The first-order valence-corrected chi connectivity index (χ1v) is 6.09. The molecule has 2 rings (SSSR count). The Kier molecular flexibility index (Phi) is 3.95. The van der Waals surface area contributed by atoms with Crippen LogP contribution in [0.4, 0.5) is 4.39 Å². The summed E-state index contributed by atoms with van der Waals surface area (Å²) < 4.78 is 13.9. The first-order valence-electron chi connectivity index (χ1n) is 6.09. The van der Waals surface area contributed by atoms with Gasteiger partial charge in [-0.2, -0.15) is 0 Å². The summed E-state index contributed by atoms with van der Waals surface area (Å²) >= 11 is 0. The molecule has 0 atom stereocenters. The van der Waals surface area contributed by atoms with Crippen LogP contribution in [0.1, 0.15) is 12.5 Å². The fraction of sp³-hybridized carbons (Fsp3) is 0.0588. The highest BCUT2D eigenvalue weighted by Gasteiger charge is 2.11. The Morgan fingerprint density at radius 2 is 2.25 bits per heavy atom. The number of hydrogen-bond donors (Lipinski definition) is 0. The molecule has 1 aromatic rings. The number of allylic oxidation sites excluding steroid dienone is 4. The van der Waals surface area contributed by atoms with Gasteiger partial charge in [0.15, 0.2) is 0 Å². The van der Waals surface area contributed by atoms with E-state index in [1.807, 2.05) is 25.3 Å². The third-order valence-electron chi connectivity index (χ3n) is 3.07. The van der Waals surface area contributed by atoms with E-state index in [1.54, 1.807) is 23.2 Å². The van der Waals surface area contributed by atoms with Gasteiger partial charge in [0.1, 0.15) is 13.7 Å². The molecular weight excluding hydrogens is 248 g/mol. The fourth-order valence-corrected chi connectivity index (χ4v) is 1.86. The largest absolute Gasteiger partial charge is 0.323 e. The minimum atomic E-state index is -0.437. The second-order valence-electron chi connectivity index (χ2n) is 4.47. The maximum atomic E-state index is 13.9. The van der Waals surface area contributed by atoms with Crippen LogP contribution >= 0.6 is 0 Å². The van der Waals surface area contributed by atoms with Crippen LogP contribution in [0.25, 0.3) is 5.57 Å². The molecule has 0 saturated carbocycles. The smallest absolute Gasteiger partial charge is 0.131 e. The van der Waals surface area contributed by atoms with E-state index >= 15 is 0 Å². The predicted octanol–water partition coefficient (Wildman–Crippen LogP) is 2.88. The normalized spacial score (nSPS) is 15.1. The average molecular weight is 261 g/mol. The van der Waals surface area contributed by atoms with Crippen molar-refractivity contribution in [2.75, 3.05) is 0 Å². The Morgan fingerprint density at radius 3 is 2.90 bits per heavy atom. The van der Waals surface area contributed by atoms with Gasteiger partial charge in [-0.3, -0.25) is 0 Å². The van der Waals surface area contributed by atoms with Gasteiger partial charge in [-0.05, 0) is 24.6 Å². The van der Waals surface area contributed by atoms with Gasteiger partial charge in [0.25, 0.3) is 0 Å². The third-order valence-corrected chi connectivity index (χ3v) is 3.07. The second-order valence-corrected chi connectivity index (χ2v) is 4.47. The zero-order chi connectivity index (χ0) is 14.7. The molecule has 0 bridgehead atoms. The molecule has 0 amide bonds. The van der Waals surface area contributed by atoms with Crippen molar-refractivity contribution in [2.45, 2.75) is 6.92 Å². The monoisotopic (exact) mass is 261 g/mol. The Labute approximate surface area is 120 Å². The molecule has 0 fully saturated rings. The highest BCUT2D eigenvalue weighted by Crippen LogP contribution is 2.23. The van der Waals surface area contributed by atoms with Crippen LogP contribution in [0.15, 0.2) is 60.6 Å². The van der Waals surface area contributed by atoms with E-state index in [0.717, 1.165) is 11.3 Å². The summed E-state index contributed by atoms with van der Waals surface area (Å²) in [4.78, 5) is 1.78. The predicted molar refractivity (Wildman–Crippen MR) is 82.5 cm³/mol. The number of nitrogens with zero attached hydrogens (tertiary/aromatic N) is 1. The van der Waals surface area contributed by atoms with Crippen molar-refractivity contribution in [2.24, 2.45) is 0 Å². The van der Waals surface area contributed by atoms with E-state index < -0.39 is 5.82 Å². The van der Waals surface area contributed by atoms with Crippen LogP contribution in [-0.2, 0) is 0 Å². The quantitative estimate of drug-likeness (QED) is 0.584. The van der Waals surface area contributed by atoms with Crippen LogP contribution in [0.2, 0.25) is 0 Å². The SMILES string of the molecule is [B]c1ccc(/C(C#C)=C/N2C=CC=C(C)C2=C)c(F)c1. The number of benzene rings is 1. The van der Waals surface area contributed by atoms with Crippen molar-refractivity contribution in [1.29, 1.82) is 0 Å². The lowest BCUT2D eigenvalue weighted by molar-refractivity contribution is 0.621. The summed E-state index contributed by atoms with van der Waals surface area (Å²) in [5, 5.41) is 0. The zero-order valence-electron chi connectivity index (χ0n) is 11.2. The second kappa shape index (κ2) is 5.67. The van der Waals surface area contributed by atoms with E-state index in [4.69, 9.17) is 14.3 Å². The lowest BCUT2D eigenvalue weighted by atomic mass is 9.93. The van der Waals surface area contributed by atoms with Crippen molar-refractivity contribution in [1.82, 2.24) is 4.90 Å². The van der Waals surface area contributed by atoms with Gasteiger partial charge in [-0.15, -0.1) is 6.42 Å². The fourth-order valence-electron chi connectivity index (χ4n) is 1.86. The molecule has 0 aromatic heterocycles. The molecule has 20 heavy (non-hydrogen) atoms. The molecule has 3 heteroatoms. The first-order chi connectivity index (χ1) is 9.52. The summed E-state index contributed by atoms with van der Waals surface area (Å²) in [6.45, 7) is 5.92. The Morgan fingerprint density at radius 1 is 1.50 bits per heavy atom. The molecule has 0 aliphatic carbocycles. The zero-order valence-corrected chi connectivity index (χ0v) is 11.2. The van der Waals surface area contributed by atoms with Gasteiger partial charge in [0, 0.05) is 23.7 Å². The molecule has 2 radical (unpaired) electrons. The molecule has 0 N–H and O–H groups in total. The van der Waals surface area contributed by atoms with Gasteiger partial charge < -0.3 is 4.90 Å². The molecular formula is C17H13BFN. The molecule has 1 nitrogen and oxygen atoms in total.